The van der Waals surface area contributed by atoms with E-state index in [0.717, 1.165) is 21.5 Å². The first-order valence-electron chi connectivity index (χ1n) is 6.99. The van der Waals surface area contributed by atoms with Crippen molar-refractivity contribution in [3.63, 3.8) is 0 Å². The molecule has 3 rings (SSSR count). The van der Waals surface area contributed by atoms with Crippen LogP contribution in [0.25, 0.3) is 0 Å². The normalized spacial score (nSPS) is 18.4. The first-order valence-corrected chi connectivity index (χ1v) is 7.78. The van der Waals surface area contributed by atoms with Gasteiger partial charge in [-0.2, -0.15) is 0 Å². The van der Waals surface area contributed by atoms with Gasteiger partial charge in [0.1, 0.15) is 18.5 Å². The molecule has 0 aliphatic carbocycles. The SMILES string of the molecule is COc1cccc(N2CC(c3ccc(Br)cc3)OCC2=O)c1. The predicted octanol–water partition coefficient (Wildman–Crippen LogP) is 3.56. The van der Waals surface area contributed by atoms with Crippen LogP contribution in [0.5, 0.6) is 5.75 Å². The second-order valence-electron chi connectivity index (χ2n) is 5.06. The van der Waals surface area contributed by atoms with E-state index in [1.54, 1.807) is 12.0 Å². The van der Waals surface area contributed by atoms with Gasteiger partial charge in [0.05, 0.1) is 13.7 Å². The fourth-order valence-corrected chi connectivity index (χ4v) is 2.74. The van der Waals surface area contributed by atoms with Crippen LogP contribution in [-0.4, -0.2) is 26.2 Å². The number of carbonyl (C=O) groups excluding carboxylic acids is 1. The van der Waals surface area contributed by atoms with Crippen LogP contribution < -0.4 is 9.64 Å². The molecule has 0 aromatic heterocycles. The van der Waals surface area contributed by atoms with Gasteiger partial charge >= 0.3 is 0 Å². The fraction of sp³-hybridized carbons (Fsp3) is 0.235. The van der Waals surface area contributed by atoms with E-state index in [0.29, 0.717) is 6.54 Å². The summed E-state index contributed by atoms with van der Waals surface area (Å²) < 4.78 is 11.9. The summed E-state index contributed by atoms with van der Waals surface area (Å²) in [5.74, 6) is 0.693. The number of halogens is 1. The summed E-state index contributed by atoms with van der Waals surface area (Å²) in [7, 11) is 1.62. The van der Waals surface area contributed by atoms with E-state index in [2.05, 4.69) is 15.9 Å². The van der Waals surface area contributed by atoms with Gasteiger partial charge in [0.15, 0.2) is 0 Å². The maximum atomic E-state index is 12.2. The Morgan fingerprint density at radius 1 is 1.23 bits per heavy atom. The van der Waals surface area contributed by atoms with Gasteiger partial charge in [-0.25, -0.2) is 0 Å². The smallest absolute Gasteiger partial charge is 0.253 e. The van der Waals surface area contributed by atoms with Crippen molar-refractivity contribution in [2.24, 2.45) is 0 Å². The van der Waals surface area contributed by atoms with Crippen LogP contribution in [0.15, 0.2) is 53.0 Å². The highest BCUT2D eigenvalue weighted by Crippen LogP contribution is 2.29. The number of benzene rings is 2. The van der Waals surface area contributed by atoms with Gasteiger partial charge in [-0.1, -0.05) is 34.1 Å². The summed E-state index contributed by atoms with van der Waals surface area (Å²) in [5, 5.41) is 0. The highest BCUT2D eigenvalue weighted by atomic mass is 79.9. The number of hydrogen-bond donors (Lipinski definition) is 0. The Kier molecular flexibility index (Phi) is 4.45. The van der Waals surface area contributed by atoms with Crippen molar-refractivity contribution in [2.75, 3.05) is 25.2 Å². The number of rotatable bonds is 3. The zero-order valence-electron chi connectivity index (χ0n) is 12.2. The van der Waals surface area contributed by atoms with Crippen LogP contribution in [0.4, 0.5) is 5.69 Å². The van der Waals surface area contributed by atoms with Crippen molar-refractivity contribution in [1.29, 1.82) is 0 Å². The molecule has 114 valence electrons. The molecule has 1 amide bonds. The van der Waals surface area contributed by atoms with Crippen molar-refractivity contribution >= 4 is 27.5 Å². The molecule has 0 radical (unpaired) electrons. The first kappa shape index (κ1) is 15.1. The summed E-state index contributed by atoms with van der Waals surface area (Å²) in [5.41, 5.74) is 1.89. The summed E-state index contributed by atoms with van der Waals surface area (Å²) in [6.45, 7) is 0.575. The van der Waals surface area contributed by atoms with Crippen LogP contribution in [0, 0.1) is 0 Å². The molecule has 1 heterocycles. The number of amides is 1. The standard InChI is InChI=1S/C17H16BrNO3/c1-21-15-4-2-3-14(9-15)19-10-16(22-11-17(19)20)12-5-7-13(18)8-6-12/h2-9,16H,10-11H2,1H3. The topological polar surface area (TPSA) is 38.8 Å². The van der Waals surface area contributed by atoms with Gasteiger partial charge in [0, 0.05) is 16.2 Å². The highest BCUT2D eigenvalue weighted by molar-refractivity contribution is 9.10. The zero-order chi connectivity index (χ0) is 15.5. The van der Waals surface area contributed by atoms with Crippen molar-refractivity contribution in [2.45, 2.75) is 6.10 Å². The number of carbonyl (C=O) groups is 1. The lowest BCUT2D eigenvalue weighted by Gasteiger charge is -2.33. The summed E-state index contributed by atoms with van der Waals surface area (Å²) in [6, 6.07) is 15.5. The highest BCUT2D eigenvalue weighted by Gasteiger charge is 2.28. The Labute approximate surface area is 137 Å². The minimum Gasteiger partial charge on any atom is -0.497 e. The third-order valence-electron chi connectivity index (χ3n) is 3.66. The number of morpholine rings is 1. The maximum Gasteiger partial charge on any atom is 0.253 e. The van der Waals surface area contributed by atoms with Crippen molar-refractivity contribution in [3.8, 4) is 5.75 Å². The molecule has 0 spiro atoms. The number of nitrogens with zero attached hydrogens (tertiary/aromatic N) is 1. The van der Waals surface area contributed by atoms with E-state index >= 15 is 0 Å². The Hall–Kier alpha value is -1.85. The Morgan fingerprint density at radius 2 is 2.00 bits per heavy atom. The molecule has 2 aromatic carbocycles. The quantitative estimate of drug-likeness (QED) is 0.838. The van der Waals surface area contributed by atoms with Crippen LogP contribution in [-0.2, 0) is 9.53 Å². The molecule has 1 aliphatic heterocycles. The van der Waals surface area contributed by atoms with E-state index < -0.39 is 0 Å². The molecule has 5 heteroatoms. The number of anilines is 1. The van der Waals surface area contributed by atoms with E-state index in [9.17, 15) is 4.79 Å². The van der Waals surface area contributed by atoms with Gasteiger partial charge in [-0.3, -0.25) is 4.79 Å². The fourth-order valence-electron chi connectivity index (χ4n) is 2.48. The van der Waals surface area contributed by atoms with Crippen LogP contribution in [0.3, 0.4) is 0 Å². The van der Waals surface area contributed by atoms with Gasteiger partial charge in [-0.05, 0) is 29.8 Å². The number of methoxy groups -OCH3 is 1. The van der Waals surface area contributed by atoms with Gasteiger partial charge in [-0.15, -0.1) is 0 Å². The maximum absolute atomic E-state index is 12.2. The van der Waals surface area contributed by atoms with Crippen LogP contribution in [0.1, 0.15) is 11.7 Å². The molecular weight excluding hydrogens is 346 g/mol. The van der Waals surface area contributed by atoms with Gasteiger partial charge < -0.3 is 14.4 Å². The summed E-state index contributed by atoms with van der Waals surface area (Å²) in [6.07, 6.45) is -0.128. The van der Waals surface area contributed by atoms with Crippen LogP contribution in [0.2, 0.25) is 0 Å². The molecule has 22 heavy (non-hydrogen) atoms. The molecule has 2 aromatic rings. The van der Waals surface area contributed by atoms with Crippen molar-refractivity contribution in [1.82, 2.24) is 0 Å². The summed E-state index contributed by atoms with van der Waals surface area (Å²) >= 11 is 3.42. The van der Waals surface area contributed by atoms with E-state index in [1.165, 1.54) is 0 Å². The van der Waals surface area contributed by atoms with Gasteiger partial charge in [0.25, 0.3) is 5.91 Å². The van der Waals surface area contributed by atoms with Crippen molar-refractivity contribution in [3.05, 3.63) is 58.6 Å². The lowest BCUT2D eigenvalue weighted by atomic mass is 10.1. The third kappa shape index (κ3) is 3.15. The number of ether oxygens (including phenoxy) is 2. The first-order chi connectivity index (χ1) is 10.7. The van der Waals surface area contributed by atoms with Gasteiger partial charge in [0.2, 0.25) is 0 Å². The second kappa shape index (κ2) is 6.50. The lowest BCUT2D eigenvalue weighted by molar-refractivity contribution is -0.129. The minimum atomic E-state index is -0.128. The molecule has 1 aliphatic rings. The monoisotopic (exact) mass is 361 g/mol. The molecule has 4 nitrogen and oxygen atoms in total. The van der Waals surface area contributed by atoms with E-state index in [4.69, 9.17) is 9.47 Å². The van der Waals surface area contributed by atoms with Crippen LogP contribution >= 0.6 is 15.9 Å². The molecule has 0 N–H and O–H groups in total. The van der Waals surface area contributed by atoms with Crippen molar-refractivity contribution < 1.29 is 14.3 Å². The predicted molar refractivity (Wildman–Crippen MR) is 88.2 cm³/mol. The second-order valence-corrected chi connectivity index (χ2v) is 5.97. The third-order valence-corrected chi connectivity index (χ3v) is 4.19. The minimum absolute atomic E-state index is 0.0402. The Bertz CT molecular complexity index is 672. The largest absolute Gasteiger partial charge is 0.497 e. The molecule has 0 saturated carbocycles. The van der Waals surface area contributed by atoms with E-state index in [1.807, 2.05) is 48.5 Å². The van der Waals surface area contributed by atoms with E-state index in [-0.39, 0.29) is 18.6 Å². The molecule has 1 atom stereocenters. The Morgan fingerprint density at radius 3 is 2.73 bits per heavy atom. The molecule has 1 saturated heterocycles. The summed E-state index contributed by atoms with van der Waals surface area (Å²) in [4.78, 5) is 13.9. The average molecular weight is 362 g/mol. The average Bonchev–Trinajstić information content (AvgIpc) is 2.56. The molecule has 0 bridgehead atoms. The molecule has 1 unspecified atom stereocenters. The number of hydrogen-bond acceptors (Lipinski definition) is 3. The molecular formula is C17H16BrNO3. The Balaban J connectivity index is 1.84. The zero-order valence-corrected chi connectivity index (χ0v) is 13.7. The lowest BCUT2D eigenvalue weighted by Crippen LogP contribution is -2.43. The molecule has 1 fully saturated rings.